The van der Waals surface area contributed by atoms with Crippen LogP contribution in [0.3, 0.4) is 0 Å². The molecule has 0 aliphatic carbocycles. The summed E-state index contributed by atoms with van der Waals surface area (Å²) in [6.45, 7) is 0.561. The van der Waals surface area contributed by atoms with Gasteiger partial charge in [0.25, 0.3) is 0 Å². The summed E-state index contributed by atoms with van der Waals surface area (Å²) in [5.74, 6) is 2.65. The Morgan fingerprint density at radius 1 is 1.69 bits per heavy atom. The molecule has 0 spiro atoms. The summed E-state index contributed by atoms with van der Waals surface area (Å²) in [4.78, 5) is 17.4. The third kappa shape index (κ3) is 2.15. The van der Waals surface area contributed by atoms with E-state index in [4.69, 9.17) is 18.0 Å². The number of rotatable bonds is 1. The fraction of sp³-hybridized carbons (Fsp3) is 0.273. The second-order valence-corrected chi connectivity index (χ2v) is 5.08. The first-order valence-electron chi connectivity index (χ1n) is 4.69. The predicted octanol–water partition coefficient (Wildman–Crippen LogP) is 2.33. The normalized spacial score (nSPS) is 19.9. The van der Waals surface area contributed by atoms with E-state index in [-0.39, 0.29) is 11.8 Å². The van der Waals surface area contributed by atoms with Crippen LogP contribution >= 0.6 is 34.2 Å². The van der Waals surface area contributed by atoms with Crippen molar-refractivity contribution in [2.45, 2.75) is 6.42 Å². The molecule has 1 unspecified atom stereocenters. The van der Waals surface area contributed by atoms with E-state index in [0.29, 0.717) is 18.1 Å². The van der Waals surface area contributed by atoms with Crippen LogP contribution in [0.5, 0.6) is 0 Å². The number of aromatic nitrogens is 1. The Bertz CT molecular complexity index is 483. The molecule has 1 fully saturated rings. The Labute approximate surface area is 112 Å². The Morgan fingerprint density at radius 2 is 2.44 bits per heavy atom. The second kappa shape index (κ2) is 4.60. The summed E-state index contributed by atoms with van der Waals surface area (Å²) >= 11 is 7.95. The number of terminal acetylenes is 1. The quantitative estimate of drug-likeness (QED) is 0.444. The lowest BCUT2D eigenvalue weighted by molar-refractivity contribution is -0.117. The third-order valence-electron chi connectivity index (χ3n) is 2.45. The maximum Gasteiger partial charge on any atom is 0.228 e. The number of hydrogen-bond donors (Lipinski definition) is 0. The molecule has 1 aliphatic heterocycles. The molecule has 2 heterocycles. The Hall–Kier alpha value is -0.800. The summed E-state index contributed by atoms with van der Waals surface area (Å²) < 4.78 is 0.896. The van der Waals surface area contributed by atoms with E-state index in [1.165, 1.54) is 0 Å². The minimum Gasteiger partial charge on any atom is -0.310 e. The molecule has 3 nitrogen and oxygen atoms in total. The molecule has 1 saturated heterocycles. The standard InChI is InChI=1S/C11H8ClIN2O/c1-2-7-3-11(16)15(6-7)9-4-10(12)14-5-8(9)13/h1,4-5,7H,3,6H2. The smallest absolute Gasteiger partial charge is 0.228 e. The number of nitrogens with zero attached hydrogens (tertiary/aromatic N) is 2. The van der Waals surface area contributed by atoms with Gasteiger partial charge >= 0.3 is 0 Å². The van der Waals surface area contributed by atoms with Crippen molar-refractivity contribution in [3.63, 3.8) is 0 Å². The average molecular weight is 347 g/mol. The minimum atomic E-state index is -0.00441. The molecule has 1 aliphatic rings. The van der Waals surface area contributed by atoms with Crippen LogP contribution in [0.4, 0.5) is 5.69 Å². The van der Waals surface area contributed by atoms with Crippen molar-refractivity contribution in [3.8, 4) is 12.3 Å². The first-order valence-corrected chi connectivity index (χ1v) is 6.15. The van der Waals surface area contributed by atoms with Crippen molar-refractivity contribution in [1.82, 2.24) is 4.98 Å². The van der Waals surface area contributed by atoms with Gasteiger partial charge in [0.15, 0.2) is 0 Å². The van der Waals surface area contributed by atoms with Crippen LogP contribution in [0.2, 0.25) is 5.15 Å². The highest BCUT2D eigenvalue weighted by molar-refractivity contribution is 14.1. The first kappa shape index (κ1) is 11.7. The molecule has 5 heteroatoms. The molecule has 1 aromatic heterocycles. The SMILES string of the molecule is C#CC1CC(=O)N(c2cc(Cl)ncc2I)C1. The van der Waals surface area contributed by atoms with Crippen LogP contribution in [0.25, 0.3) is 0 Å². The number of pyridine rings is 1. The van der Waals surface area contributed by atoms with E-state index in [1.807, 2.05) is 0 Å². The topological polar surface area (TPSA) is 33.2 Å². The molecular formula is C11H8ClIN2O. The van der Waals surface area contributed by atoms with Gasteiger partial charge in [0.05, 0.1) is 9.26 Å². The van der Waals surface area contributed by atoms with Crippen molar-refractivity contribution >= 4 is 45.8 Å². The zero-order valence-electron chi connectivity index (χ0n) is 8.28. The van der Waals surface area contributed by atoms with Crippen molar-refractivity contribution in [1.29, 1.82) is 0 Å². The van der Waals surface area contributed by atoms with Crippen molar-refractivity contribution in [2.24, 2.45) is 5.92 Å². The van der Waals surface area contributed by atoms with Crippen LogP contribution in [-0.2, 0) is 4.79 Å². The van der Waals surface area contributed by atoms with Gasteiger partial charge in [0.2, 0.25) is 5.91 Å². The highest BCUT2D eigenvalue weighted by Gasteiger charge is 2.30. The lowest BCUT2D eigenvalue weighted by Gasteiger charge is -2.17. The average Bonchev–Trinajstić information content (AvgIpc) is 2.63. The van der Waals surface area contributed by atoms with Crippen LogP contribution in [-0.4, -0.2) is 17.4 Å². The molecule has 0 bridgehead atoms. The molecule has 82 valence electrons. The molecule has 1 amide bonds. The van der Waals surface area contributed by atoms with Gasteiger partial charge in [0, 0.05) is 31.1 Å². The second-order valence-electron chi connectivity index (χ2n) is 3.53. The van der Waals surface area contributed by atoms with Gasteiger partial charge in [-0.3, -0.25) is 4.79 Å². The summed E-state index contributed by atoms with van der Waals surface area (Å²) in [7, 11) is 0. The number of carbonyl (C=O) groups is 1. The van der Waals surface area contributed by atoms with Crippen LogP contribution in [0, 0.1) is 21.8 Å². The van der Waals surface area contributed by atoms with E-state index < -0.39 is 0 Å². The lowest BCUT2D eigenvalue weighted by Crippen LogP contribution is -2.25. The molecule has 1 atom stereocenters. The van der Waals surface area contributed by atoms with Crippen molar-refractivity contribution in [2.75, 3.05) is 11.4 Å². The van der Waals surface area contributed by atoms with Crippen LogP contribution in [0.15, 0.2) is 12.3 Å². The van der Waals surface area contributed by atoms with Gasteiger partial charge in [-0.2, -0.15) is 0 Å². The molecular weight excluding hydrogens is 338 g/mol. The maximum atomic E-state index is 11.8. The van der Waals surface area contributed by atoms with Gasteiger partial charge in [-0.05, 0) is 22.6 Å². The van der Waals surface area contributed by atoms with Gasteiger partial charge in [-0.1, -0.05) is 11.6 Å². The number of amides is 1. The van der Waals surface area contributed by atoms with Gasteiger partial charge in [-0.25, -0.2) is 4.98 Å². The highest BCUT2D eigenvalue weighted by Crippen LogP contribution is 2.29. The zero-order valence-corrected chi connectivity index (χ0v) is 11.2. The third-order valence-corrected chi connectivity index (χ3v) is 3.49. The van der Waals surface area contributed by atoms with Crippen LogP contribution < -0.4 is 4.90 Å². The van der Waals surface area contributed by atoms with Crippen LogP contribution in [0.1, 0.15) is 6.42 Å². The van der Waals surface area contributed by atoms with Gasteiger partial charge in [0.1, 0.15) is 5.15 Å². The molecule has 0 radical (unpaired) electrons. The number of carbonyl (C=O) groups excluding carboxylic acids is 1. The van der Waals surface area contributed by atoms with Crippen molar-refractivity contribution < 1.29 is 4.79 Å². The van der Waals surface area contributed by atoms with Crippen molar-refractivity contribution in [3.05, 3.63) is 21.0 Å². The molecule has 1 aromatic rings. The Kier molecular flexibility index (Phi) is 3.36. The fourth-order valence-corrected chi connectivity index (χ4v) is 2.40. The summed E-state index contributed by atoms with van der Waals surface area (Å²) in [6, 6.07) is 1.69. The van der Waals surface area contributed by atoms with E-state index in [1.54, 1.807) is 17.2 Å². The highest BCUT2D eigenvalue weighted by atomic mass is 127. The summed E-state index contributed by atoms with van der Waals surface area (Å²) in [6.07, 6.45) is 7.39. The molecule has 16 heavy (non-hydrogen) atoms. The van der Waals surface area contributed by atoms with E-state index in [9.17, 15) is 4.79 Å². The molecule has 0 saturated carbocycles. The maximum absolute atomic E-state index is 11.8. The minimum absolute atomic E-state index is 0.00441. The zero-order chi connectivity index (χ0) is 11.7. The fourth-order valence-electron chi connectivity index (χ4n) is 1.66. The van der Waals surface area contributed by atoms with E-state index in [2.05, 4.69) is 33.5 Å². The molecule has 2 rings (SSSR count). The predicted molar refractivity (Wildman–Crippen MR) is 71.3 cm³/mol. The number of halogens is 2. The summed E-state index contributed by atoms with van der Waals surface area (Å²) in [5.41, 5.74) is 0.795. The largest absolute Gasteiger partial charge is 0.310 e. The lowest BCUT2D eigenvalue weighted by atomic mass is 10.1. The molecule has 0 aromatic carbocycles. The molecule has 0 N–H and O–H groups in total. The summed E-state index contributed by atoms with van der Waals surface area (Å²) in [5, 5.41) is 0.382. The van der Waals surface area contributed by atoms with Gasteiger partial charge in [-0.15, -0.1) is 12.3 Å². The Balaban J connectivity index is 2.35. The Morgan fingerprint density at radius 3 is 3.06 bits per heavy atom. The monoisotopic (exact) mass is 346 g/mol. The van der Waals surface area contributed by atoms with E-state index >= 15 is 0 Å². The number of hydrogen-bond acceptors (Lipinski definition) is 2. The first-order chi connectivity index (χ1) is 7.61. The van der Waals surface area contributed by atoms with Gasteiger partial charge < -0.3 is 4.90 Å². The van der Waals surface area contributed by atoms with E-state index in [0.717, 1.165) is 9.26 Å². The number of anilines is 1.